The molecule has 1 aliphatic heterocycles. The van der Waals surface area contributed by atoms with Crippen molar-refractivity contribution in [1.82, 2.24) is 24.7 Å². The zero-order valence-electron chi connectivity index (χ0n) is 14.6. The van der Waals surface area contributed by atoms with Crippen molar-refractivity contribution in [2.45, 2.75) is 32.9 Å². The van der Waals surface area contributed by atoms with Crippen LogP contribution in [0.1, 0.15) is 20.3 Å². The lowest BCUT2D eigenvalue weighted by molar-refractivity contribution is -0.134. The molecule has 0 aromatic carbocycles. The van der Waals surface area contributed by atoms with Crippen LogP contribution >= 0.6 is 11.3 Å². The fourth-order valence-corrected chi connectivity index (χ4v) is 5.39. The number of thiophene rings is 1. The number of amides is 1. The first-order valence-electron chi connectivity index (χ1n) is 8.33. The van der Waals surface area contributed by atoms with Crippen molar-refractivity contribution < 1.29 is 13.2 Å². The van der Waals surface area contributed by atoms with E-state index in [9.17, 15) is 18.0 Å². The lowest BCUT2D eigenvalue weighted by atomic mass is 10.1. The molecule has 1 fully saturated rings. The highest BCUT2D eigenvalue weighted by atomic mass is 32.2. The van der Waals surface area contributed by atoms with E-state index in [4.69, 9.17) is 0 Å². The van der Waals surface area contributed by atoms with Crippen LogP contribution in [0.2, 0.25) is 0 Å². The lowest BCUT2D eigenvalue weighted by Gasteiger charge is -2.29. The van der Waals surface area contributed by atoms with Crippen molar-refractivity contribution in [2.24, 2.45) is 5.92 Å². The van der Waals surface area contributed by atoms with Gasteiger partial charge < -0.3 is 4.90 Å². The molecule has 0 saturated carbocycles. The Bertz CT molecular complexity index is 930. The predicted octanol–water partition coefficient (Wildman–Crippen LogP) is 0.162. The van der Waals surface area contributed by atoms with Crippen molar-refractivity contribution in [3.8, 4) is 5.00 Å². The maximum absolute atomic E-state index is 12.8. The number of hydrogen-bond acceptors (Lipinski definition) is 7. The van der Waals surface area contributed by atoms with E-state index in [1.165, 1.54) is 11.3 Å². The van der Waals surface area contributed by atoms with Crippen LogP contribution in [0.25, 0.3) is 5.00 Å². The third-order valence-corrected chi connectivity index (χ3v) is 6.76. The molecule has 3 rings (SSSR count). The normalized spacial score (nSPS) is 19.1. The first kappa shape index (κ1) is 18.8. The second-order valence-corrected chi connectivity index (χ2v) is 9.93. The van der Waals surface area contributed by atoms with E-state index in [2.05, 4.69) is 10.4 Å². The number of carbonyl (C=O) groups is 1. The average molecular weight is 399 g/mol. The molecule has 2 aromatic rings. The summed E-state index contributed by atoms with van der Waals surface area (Å²) in [6.45, 7) is 4.10. The summed E-state index contributed by atoms with van der Waals surface area (Å²) in [6, 6.07) is 3.18. The Morgan fingerprint density at radius 3 is 2.77 bits per heavy atom. The first-order chi connectivity index (χ1) is 12.3. The highest BCUT2D eigenvalue weighted by molar-refractivity contribution is 7.91. The monoisotopic (exact) mass is 399 g/mol. The quantitative estimate of drug-likeness (QED) is 0.685. The largest absolute Gasteiger partial charge is 0.369 e. The van der Waals surface area contributed by atoms with E-state index < -0.39 is 15.5 Å². The SMILES string of the molecule is CC(C)CN(C(=O)Cn1nnn(-c2cccs2)c1=O)C1CCS(=O)(=O)C1. The number of carbonyl (C=O) groups excluding carboxylic acids is 1. The van der Waals surface area contributed by atoms with Gasteiger partial charge in [-0.3, -0.25) is 4.79 Å². The molecule has 1 atom stereocenters. The van der Waals surface area contributed by atoms with Gasteiger partial charge in [0.2, 0.25) is 5.91 Å². The number of rotatable bonds is 6. The Labute approximate surface area is 155 Å². The van der Waals surface area contributed by atoms with Gasteiger partial charge in [-0.2, -0.15) is 9.36 Å². The van der Waals surface area contributed by atoms with Gasteiger partial charge in [0.1, 0.15) is 11.5 Å². The summed E-state index contributed by atoms with van der Waals surface area (Å²) < 4.78 is 25.7. The summed E-state index contributed by atoms with van der Waals surface area (Å²) in [5.74, 6) is -0.0714. The second-order valence-electron chi connectivity index (χ2n) is 6.78. The molecular weight excluding hydrogens is 378 g/mol. The minimum atomic E-state index is -3.11. The molecule has 1 unspecified atom stereocenters. The fraction of sp³-hybridized carbons (Fsp3) is 0.600. The molecule has 2 aromatic heterocycles. The summed E-state index contributed by atoms with van der Waals surface area (Å²) in [6.07, 6.45) is 0.428. The van der Waals surface area contributed by atoms with Gasteiger partial charge in [-0.15, -0.1) is 11.3 Å². The highest BCUT2D eigenvalue weighted by Gasteiger charge is 2.35. The second kappa shape index (κ2) is 7.31. The minimum absolute atomic E-state index is 0.0256. The van der Waals surface area contributed by atoms with Crippen LogP contribution in [-0.4, -0.2) is 63.1 Å². The van der Waals surface area contributed by atoms with Gasteiger partial charge in [0.25, 0.3) is 0 Å². The lowest BCUT2D eigenvalue weighted by Crippen LogP contribution is -2.45. The maximum Gasteiger partial charge on any atom is 0.369 e. The molecule has 0 spiro atoms. The van der Waals surface area contributed by atoms with Crippen LogP contribution < -0.4 is 5.69 Å². The van der Waals surface area contributed by atoms with Gasteiger partial charge in [-0.25, -0.2) is 13.2 Å². The third-order valence-electron chi connectivity index (χ3n) is 4.17. The van der Waals surface area contributed by atoms with Gasteiger partial charge in [0.15, 0.2) is 9.84 Å². The maximum atomic E-state index is 12.8. The zero-order chi connectivity index (χ0) is 18.9. The first-order valence-corrected chi connectivity index (χ1v) is 11.0. The fourth-order valence-electron chi connectivity index (χ4n) is 2.99. The standard InChI is InChI=1S/C15H21N5O4S2/c1-11(2)8-18(12-5-7-26(23,24)10-12)13(21)9-19-15(22)20(17-16-19)14-4-3-6-25-14/h3-4,6,11-12H,5,7-10H2,1-2H3. The number of sulfone groups is 1. The zero-order valence-corrected chi connectivity index (χ0v) is 16.2. The average Bonchev–Trinajstić information content (AvgIpc) is 3.27. The van der Waals surface area contributed by atoms with E-state index in [1.54, 1.807) is 17.0 Å². The van der Waals surface area contributed by atoms with Crippen molar-refractivity contribution in [3.63, 3.8) is 0 Å². The Morgan fingerprint density at radius 2 is 2.19 bits per heavy atom. The summed E-state index contributed by atoms with van der Waals surface area (Å²) >= 11 is 1.34. The summed E-state index contributed by atoms with van der Waals surface area (Å²) in [7, 11) is -3.11. The van der Waals surface area contributed by atoms with Gasteiger partial charge in [-0.05, 0) is 40.3 Å². The predicted molar refractivity (Wildman–Crippen MR) is 97.1 cm³/mol. The number of nitrogens with zero attached hydrogens (tertiary/aromatic N) is 5. The van der Waals surface area contributed by atoms with Gasteiger partial charge >= 0.3 is 5.69 Å². The Morgan fingerprint density at radius 1 is 1.42 bits per heavy atom. The summed E-state index contributed by atoms with van der Waals surface area (Å²) in [5, 5.41) is 10.0. The van der Waals surface area contributed by atoms with Crippen molar-refractivity contribution >= 4 is 27.1 Å². The summed E-state index contributed by atoms with van der Waals surface area (Å²) in [5.41, 5.74) is -0.496. The van der Waals surface area contributed by atoms with E-state index in [1.807, 2.05) is 19.2 Å². The van der Waals surface area contributed by atoms with Crippen molar-refractivity contribution in [3.05, 3.63) is 28.0 Å². The molecule has 9 nitrogen and oxygen atoms in total. The third kappa shape index (κ3) is 4.04. The van der Waals surface area contributed by atoms with Crippen LogP contribution in [0.3, 0.4) is 0 Å². The topological polar surface area (TPSA) is 107 Å². The molecule has 0 aliphatic carbocycles. The molecule has 0 radical (unpaired) electrons. The molecule has 11 heteroatoms. The molecule has 1 saturated heterocycles. The Hall–Kier alpha value is -2.01. The molecule has 3 heterocycles. The highest BCUT2D eigenvalue weighted by Crippen LogP contribution is 2.19. The number of tetrazole rings is 1. The van der Waals surface area contributed by atoms with Crippen molar-refractivity contribution in [2.75, 3.05) is 18.1 Å². The minimum Gasteiger partial charge on any atom is -0.337 e. The molecular formula is C15H21N5O4S2. The van der Waals surface area contributed by atoms with Crippen LogP contribution in [-0.2, 0) is 21.2 Å². The molecule has 1 amide bonds. The van der Waals surface area contributed by atoms with Crippen LogP contribution in [0.4, 0.5) is 0 Å². The van der Waals surface area contributed by atoms with Crippen LogP contribution in [0.5, 0.6) is 0 Å². The van der Waals surface area contributed by atoms with Crippen LogP contribution in [0, 0.1) is 5.92 Å². The molecule has 1 aliphatic rings. The van der Waals surface area contributed by atoms with Crippen LogP contribution in [0.15, 0.2) is 22.3 Å². The molecule has 26 heavy (non-hydrogen) atoms. The van der Waals surface area contributed by atoms with Gasteiger partial charge in [0, 0.05) is 12.6 Å². The van der Waals surface area contributed by atoms with Gasteiger partial charge in [0.05, 0.1) is 11.5 Å². The van der Waals surface area contributed by atoms with E-state index in [0.717, 1.165) is 9.36 Å². The molecule has 0 N–H and O–H groups in total. The van der Waals surface area contributed by atoms with Crippen molar-refractivity contribution in [1.29, 1.82) is 0 Å². The molecule has 142 valence electrons. The van der Waals surface area contributed by atoms with E-state index >= 15 is 0 Å². The summed E-state index contributed by atoms with van der Waals surface area (Å²) in [4.78, 5) is 26.8. The van der Waals surface area contributed by atoms with E-state index in [-0.39, 0.29) is 35.9 Å². The Balaban J connectivity index is 1.79. The molecule has 0 bridgehead atoms. The number of aromatic nitrogens is 4. The van der Waals surface area contributed by atoms with E-state index in [0.29, 0.717) is 18.0 Å². The Kier molecular flexibility index (Phi) is 5.28. The number of hydrogen-bond donors (Lipinski definition) is 0. The van der Waals surface area contributed by atoms with Gasteiger partial charge in [-0.1, -0.05) is 13.8 Å². The smallest absolute Gasteiger partial charge is 0.337 e.